The molecule has 1 aliphatic rings. The highest BCUT2D eigenvalue weighted by atomic mass is 79.9. The van der Waals surface area contributed by atoms with Gasteiger partial charge in [-0.1, -0.05) is 22.0 Å². The van der Waals surface area contributed by atoms with Crippen molar-refractivity contribution >= 4 is 33.6 Å². The molecule has 2 aromatic rings. The molecule has 0 radical (unpaired) electrons. The fourth-order valence-electron chi connectivity index (χ4n) is 2.89. The van der Waals surface area contributed by atoms with Crippen LogP contribution in [0.2, 0.25) is 0 Å². The van der Waals surface area contributed by atoms with Crippen LogP contribution in [0.4, 0.5) is 11.8 Å². The lowest BCUT2D eigenvalue weighted by atomic mass is 10.2. The van der Waals surface area contributed by atoms with E-state index in [-0.39, 0.29) is 5.91 Å². The molecule has 1 saturated heterocycles. The number of amides is 1. The number of anilines is 2. The molecule has 6 nitrogen and oxygen atoms in total. The summed E-state index contributed by atoms with van der Waals surface area (Å²) in [6.45, 7) is 7.69. The number of halogens is 1. The van der Waals surface area contributed by atoms with Gasteiger partial charge in [0.1, 0.15) is 5.82 Å². The second kappa shape index (κ2) is 7.82. The molecule has 0 spiro atoms. The molecule has 1 fully saturated rings. The number of rotatable bonds is 4. The molecule has 7 heteroatoms. The lowest BCUT2D eigenvalue weighted by Gasteiger charge is -2.35. The third-order valence-corrected chi connectivity index (χ3v) is 4.63. The molecule has 1 amide bonds. The first kappa shape index (κ1) is 17.7. The van der Waals surface area contributed by atoms with E-state index in [0.29, 0.717) is 19.0 Å². The van der Waals surface area contributed by atoms with Crippen molar-refractivity contribution in [3.63, 3.8) is 0 Å². The molecule has 0 atom stereocenters. The Hall–Kier alpha value is -2.15. The van der Waals surface area contributed by atoms with Crippen molar-refractivity contribution in [2.45, 2.75) is 13.8 Å². The Kier molecular flexibility index (Phi) is 5.53. The van der Waals surface area contributed by atoms with Gasteiger partial charge in [0.25, 0.3) is 5.91 Å². The van der Waals surface area contributed by atoms with Crippen LogP contribution < -0.4 is 10.2 Å². The first-order chi connectivity index (χ1) is 12.1. The van der Waals surface area contributed by atoms with Crippen LogP contribution in [0.1, 0.15) is 23.0 Å². The van der Waals surface area contributed by atoms with Crippen LogP contribution in [0.5, 0.6) is 0 Å². The second-order valence-electron chi connectivity index (χ2n) is 6.01. The number of piperazine rings is 1. The van der Waals surface area contributed by atoms with E-state index in [0.717, 1.165) is 41.2 Å². The maximum Gasteiger partial charge on any atom is 0.254 e. The Balaban J connectivity index is 1.66. The average molecular weight is 404 g/mol. The molecule has 2 heterocycles. The molecule has 1 N–H and O–H groups in total. The van der Waals surface area contributed by atoms with Gasteiger partial charge in [-0.25, -0.2) is 4.98 Å². The molecule has 1 aromatic carbocycles. The Morgan fingerprint density at radius 1 is 1.20 bits per heavy atom. The zero-order valence-electron chi connectivity index (χ0n) is 14.5. The standard InChI is InChI=1S/C18H22BrN5O/c1-3-20-18-21-13(2)11-16(22-18)23-7-9-24(10-8-23)17(25)14-5-4-6-15(19)12-14/h4-6,11-12H,3,7-10H2,1-2H3,(H,20,21,22). The largest absolute Gasteiger partial charge is 0.354 e. The molecule has 132 valence electrons. The maximum atomic E-state index is 12.6. The number of nitrogens with one attached hydrogen (secondary N) is 1. The van der Waals surface area contributed by atoms with Gasteiger partial charge in [-0.3, -0.25) is 4.79 Å². The summed E-state index contributed by atoms with van der Waals surface area (Å²) in [6, 6.07) is 9.53. The summed E-state index contributed by atoms with van der Waals surface area (Å²) in [4.78, 5) is 25.7. The highest BCUT2D eigenvalue weighted by Gasteiger charge is 2.23. The molecule has 0 aliphatic carbocycles. The summed E-state index contributed by atoms with van der Waals surface area (Å²) in [5.74, 6) is 1.65. The van der Waals surface area contributed by atoms with Crippen molar-refractivity contribution in [3.05, 3.63) is 46.1 Å². The van der Waals surface area contributed by atoms with Crippen LogP contribution in [0.25, 0.3) is 0 Å². The van der Waals surface area contributed by atoms with Crippen molar-refractivity contribution in [2.75, 3.05) is 42.9 Å². The number of nitrogens with zero attached hydrogens (tertiary/aromatic N) is 4. The normalized spacial score (nSPS) is 14.5. The molecule has 0 saturated carbocycles. The summed E-state index contributed by atoms with van der Waals surface area (Å²) in [6.07, 6.45) is 0. The predicted octanol–water partition coefficient (Wildman–Crippen LogP) is 2.94. The Labute approximate surface area is 156 Å². The maximum absolute atomic E-state index is 12.6. The summed E-state index contributed by atoms with van der Waals surface area (Å²) in [5, 5.41) is 3.16. The third-order valence-electron chi connectivity index (χ3n) is 4.14. The van der Waals surface area contributed by atoms with Gasteiger partial charge in [-0.05, 0) is 32.0 Å². The van der Waals surface area contributed by atoms with Crippen LogP contribution >= 0.6 is 15.9 Å². The van der Waals surface area contributed by atoms with Gasteiger partial charge in [0, 0.05) is 54.5 Å². The Bertz CT molecular complexity index is 759. The average Bonchev–Trinajstić information content (AvgIpc) is 2.61. The van der Waals surface area contributed by atoms with E-state index in [1.54, 1.807) is 0 Å². The van der Waals surface area contributed by atoms with Crippen LogP contribution in [-0.2, 0) is 0 Å². The van der Waals surface area contributed by atoms with Crippen molar-refractivity contribution in [2.24, 2.45) is 0 Å². The van der Waals surface area contributed by atoms with E-state index in [1.807, 2.05) is 49.1 Å². The van der Waals surface area contributed by atoms with Gasteiger partial charge < -0.3 is 15.1 Å². The van der Waals surface area contributed by atoms with Crippen LogP contribution in [0, 0.1) is 6.92 Å². The minimum Gasteiger partial charge on any atom is -0.354 e. The van der Waals surface area contributed by atoms with Gasteiger partial charge in [-0.15, -0.1) is 0 Å². The highest BCUT2D eigenvalue weighted by Crippen LogP contribution is 2.19. The fraction of sp³-hybridized carbons (Fsp3) is 0.389. The van der Waals surface area contributed by atoms with E-state index in [2.05, 4.69) is 36.1 Å². The minimum absolute atomic E-state index is 0.0770. The Morgan fingerprint density at radius 2 is 1.96 bits per heavy atom. The van der Waals surface area contributed by atoms with E-state index in [1.165, 1.54) is 0 Å². The fourth-order valence-corrected chi connectivity index (χ4v) is 3.29. The minimum atomic E-state index is 0.0770. The molecular weight excluding hydrogens is 382 g/mol. The zero-order valence-corrected chi connectivity index (χ0v) is 16.1. The number of hydrogen-bond donors (Lipinski definition) is 1. The topological polar surface area (TPSA) is 61.4 Å². The molecule has 0 unspecified atom stereocenters. The highest BCUT2D eigenvalue weighted by molar-refractivity contribution is 9.10. The molecule has 1 aromatic heterocycles. The van der Waals surface area contributed by atoms with Crippen LogP contribution in [-0.4, -0.2) is 53.5 Å². The number of carbonyl (C=O) groups is 1. The van der Waals surface area contributed by atoms with Gasteiger partial charge in [0.15, 0.2) is 0 Å². The molecule has 0 bridgehead atoms. The first-order valence-corrected chi connectivity index (χ1v) is 9.25. The molecule has 1 aliphatic heterocycles. The molecular formula is C18H22BrN5O. The van der Waals surface area contributed by atoms with Crippen LogP contribution in [0.3, 0.4) is 0 Å². The Morgan fingerprint density at radius 3 is 2.64 bits per heavy atom. The third kappa shape index (κ3) is 4.28. The van der Waals surface area contributed by atoms with E-state index in [4.69, 9.17) is 0 Å². The second-order valence-corrected chi connectivity index (χ2v) is 6.93. The van der Waals surface area contributed by atoms with Crippen molar-refractivity contribution in [1.29, 1.82) is 0 Å². The SMILES string of the molecule is CCNc1nc(C)cc(N2CCN(C(=O)c3cccc(Br)c3)CC2)n1. The van der Waals surface area contributed by atoms with Crippen molar-refractivity contribution in [1.82, 2.24) is 14.9 Å². The lowest BCUT2D eigenvalue weighted by Crippen LogP contribution is -2.49. The van der Waals surface area contributed by atoms with Gasteiger partial charge in [-0.2, -0.15) is 4.98 Å². The smallest absolute Gasteiger partial charge is 0.254 e. The van der Waals surface area contributed by atoms with Crippen LogP contribution in [0.15, 0.2) is 34.8 Å². The number of aromatic nitrogens is 2. The lowest BCUT2D eigenvalue weighted by molar-refractivity contribution is 0.0746. The monoisotopic (exact) mass is 403 g/mol. The summed E-state index contributed by atoms with van der Waals surface area (Å²) >= 11 is 3.42. The number of hydrogen-bond acceptors (Lipinski definition) is 5. The van der Waals surface area contributed by atoms with Crippen molar-refractivity contribution < 1.29 is 4.79 Å². The quantitative estimate of drug-likeness (QED) is 0.849. The number of carbonyl (C=O) groups excluding carboxylic acids is 1. The van der Waals surface area contributed by atoms with E-state index >= 15 is 0 Å². The summed E-state index contributed by atoms with van der Waals surface area (Å²) < 4.78 is 0.921. The van der Waals surface area contributed by atoms with E-state index < -0.39 is 0 Å². The summed E-state index contributed by atoms with van der Waals surface area (Å²) in [5.41, 5.74) is 1.66. The first-order valence-electron chi connectivity index (χ1n) is 8.46. The number of benzene rings is 1. The zero-order chi connectivity index (χ0) is 17.8. The molecule has 3 rings (SSSR count). The number of aryl methyl sites for hydroxylation is 1. The van der Waals surface area contributed by atoms with Gasteiger partial charge in [0.2, 0.25) is 5.95 Å². The van der Waals surface area contributed by atoms with E-state index in [9.17, 15) is 4.79 Å². The predicted molar refractivity (Wildman–Crippen MR) is 103 cm³/mol. The van der Waals surface area contributed by atoms with Gasteiger partial charge >= 0.3 is 0 Å². The van der Waals surface area contributed by atoms with Gasteiger partial charge in [0.05, 0.1) is 0 Å². The summed E-state index contributed by atoms with van der Waals surface area (Å²) in [7, 11) is 0. The van der Waals surface area contributed by atoms with Crippen molar-refractivity contribution in [3.8, 4) is 0 Å². The molecule has 25 heavy (non-hydrogen) atoms.